The van der Waals surface area contributed by atoms with Crippen LogP contribution in [0.4, 0.5) is 0 Å². The van der Waals surface area contributed by atoms with E-state index in [0.717, 1.165) is 25.7 Å². The quantitative estimate of drug-likeness (QED) is 0.821. The van der Waals surface area contributed by atoms with E-state index in [-0.39, 0.29) is 11.6 Å². The lowest BCUT2D eigenvalue weighted by atomic mass is 9.84. The first-order valence-electron chi connectivity index (χ1n) is 7.41. The van der Waals surface area contributed by atoms with E-state index in [1.165, 1.54) is 6.42 Å². The predicted molar refractivity (Wildman–Crippen MR) is 74.2 cm³/mol. The van der Waals surface area contributed by atoms with Crippen molar-refractivity contribution in [2.75, 3.05) is 20.3 Å². The number of aromatic nitrogens is 2. The van der Waals surface area contributed by atoms with E-state index in [2.05, 4.69) is 10.1 Å². The minimum absolute atomic E-state index is 0.123. The van der Waals surface area contributed by atoms with Crippen molar-refractivity contribution in [1.82, 2.24) is 10.1 Å². The molecular formula is C14H25N3O3. The van der Waals surface area contributed by atoms with Crippen LogP contribution in [0.2, 0.25) is 0 Å². The molecule has 6 heteroatoms. The van der Waals surface area contributed by atoms with Crippen LogP contribution >= 0.6 is 0 Å². The molecule has 1 heterocycles. The molecule has 0 aliphatic heterocycles. The number of nitrogens with zero attached hydrogens (tertiary/aromatic N) is 2. The molecule has 1 atom stereocenters. The first kappa shape index (κ1) is 15.4. The number of hydrogen-bond acceptors (Lipinski definition) is 6. The van der Waals surface area contributed by atoms with Gasteiger partial charge in [0.25, 0.3) is 0 Å². The molecule has 1 aliphatic rings. The third kappa shape index (κ3) is 3.56. The second kappa shape index (κ2) is 7.15. The molecule has 20 heavy (non-hydrogen) atoms. The minimum atomic E-state index is -0.361. The van der Waals surface area contributed by atoms with Gasteiger partial charge in [-0.05, 0) is 19.8 Å². The highest BCUT2D eigenvalue weighted by atomic mass is 16.5. The van der Waals surface area contributed by atoms with Crippen LogP contribution in [0.15, 0.2) is 4.52 Å². The molecule has 1 saturated carbocycles. The van der Waals surface area contributed by atoms with Crippen molar-refractivity contribution in [2.24, 2.45) is 5.73 Å². The van der Waals surface area contributed by atoms with Gasteiger partial charge in [0.05, 0.1) is 6.61 Å². The van der Waals surface area contributed by atoms with Crippen LogP contribution < -0.4 is 5.73 Å². The molecule has 2 rings (SSSR count). The Morgan fingerprint density at radius 1 is 1.35 bits per heavy atom. The lowest BCUT2D eigenvalue weighted by molar-refractivity contribution is -0.0777. The largest absolute Gasteiger partial charge is 0.383 e. The van der Waals surface area contributed by atoms with Gasteiger partial charge < -0.3 is 19.7 Å². The molecule has 0 aromatic carbocycles. The Kier molecular flexibility index (Phi) is 5.51. The van der Waals surface area contributed by atoms with Crippen molar-refractivity contribution in [3.05, 3.63) is 11.7 Å². The molecule has 0 bridgehead atoms. The molecule has 0 saturated heterocycles. The van der Waals surface area contributed by atoms with Crippen molar-refractivity contribution < 1.29 is 14.0 Å². The van der Waals surface area contributed by atoms with Crippen LogP contribution in [0.5, 0.6) is 0 Å². The van der Waals surface area contributed by atoms with Crippen LogP contribution in [0.25, 0.3) is 0 Å². The second-order valence-corrected chi connectivity index (χ2v) is 5.42. The lowest BCUT2D eigenvalue weighted by Crippen LogP contribution is -2.34. The topological polar surface area (TPSA) is 83.4 Å². The maximum absolute atomic E-state index is 5.98. The van der Waals surface area contributed by atoms with E-state index in [0.29, 0.717) is 31.3 Å². The first-order chi connectivity index (χ1) is 9.70. The van der Waals surface area contributed by atoms with Gasteiger partial charge in [-0.1, -0.05) is 24.4 Å². The summed E-state index contributed by atoms with van der Waals surface area (Å²) in [6, 6.07) is -0.123. The number of ether oxygens (including phenoxy) is 2. The second-order valence-electron chi connectivity index (χ2n) is 5.42. The summed E-state index contributed by atoms with van der Waals surface area (Å²) in [5.41, 5.74) is 5.55. The Labute approximate surface area is 120 Å². The summed E-state index contributed by atoms with van der Waals surface area (Å²) in [6.45, 7) is 3.15. The summed E-state index contributed by atoms with van der Waals surface area (Å²) in [6.07, 6.45) is 6.00. The van der Waals surface area contributed by atoms with E-state index in [9.17, 15) is 0 Å². The molecule has 114 valence electrons. The Morgan fingerprint density at radius 2 is 2.10 bits per heavy atom. The van der Waals surface area contributed by atoms with Gasteiger partial charge in [-0.2, -0.15) is 4.98 Å². The highest BCUT2D eigenvalue weighted by molar-refractivity contribution is 5.04. The van der Waals surface area contributed by atoms with Gasteiger partial charge in [-0.3, -0.25) is 0 Å². The average Bonchev–Trinajstić information content (AvgIpc) is 2.89. The average molecular weight is 283 g/mol. The van der Waals surface area contributed by atoms with Gasteiger partial charge in [0.2, 0.25) is 11.7 Å². The zero-order valence-electron chi connectivity index (χ0n) is 12.4. The summed E-state index contributed by atoms with van der Waals surface area (Å²) in [4.78, 5) is 4.51. The maximum atomic E-state index is 5.98. The molecule has 1 aliphatic carbocycles. The van der Waals surface area contributed by atoms with Gasteiger partial charge in [-0.15, -0.1) is 0 Å². The lowest BCUT2D eigenvalue weighted by Gasteiger charge is -2.33. The predicted octanol–water partition coefficient (Wildman–Crippen LogP) is 1.78. The molecule has 1 aromatic rings. The third-order valence-electron chi connectivity index (χ3n) is 3.78. The fraction of sp³-hybridized carbons (Fsp3) is 0.857. The zero-order chi connectivity index (χ0) is 14.4. The SMILES string of the molecule is CCOC1(c2noc(CC(N)COC)n2)CCCCC1. The molecule has 1 unspecified atom stereocenters. The highest BCUT2D eigenvalue weighted by Gasteiger charge is 2.39. The van der Waals surface area contributed by atoms with Gasteiger partial charge >= 0.3 is 0 Å². The van der Waals surface area contributed by atoms with Crippen LogP contribution in [0.3, 0.4) is 0 Å². The van der Waals surface area contributed by atoms with Crippen LogP contribution in [-0.2, 0) is 21.5 Å². The molecule has 0 spiro atoms. The summed E-state index contributed by atoms with van der Waals surface area (Å²) < 4.78 is 16.3. The Balaban J connectivity index is 2.08. The van der Waals surface area contributed by atoms with E-state index < -0.39 is 0 Å². The van der Waals surface area contributed by atoms with E-state index >= 15 is 0 Å². The standard InChI is InChI=1S/C14H25N3O3/c1-3-19-14(7-5-4-6-8-14)13-16-12(20-17-13)9-11(15)10-18-2/h11H,3-10,15H2,1-2H3. The minimum Gasteiger partial charge on any atom is -0.383 e. The van der Waals surface area contributed by atoms with E-state index in [1.54, 1.807) is 7.11 Å². The molecule has 1 fully saturated rings. The Morgan fingerprint density at radius 3 is 2.75 bits per heavy atom. The normalized spacial score (nSPS) is 19.9. The van der Waals surface area contributed by atoms with Gasteiger partial charge in [0.15, 0.2) is 0 Å². The van der Waals surface area contributed by atoms with Crippen molar-refractivity contribution in [3.8, 4) is 0 Å². The number of rotatable bonds is 7. The molecular weight excluding hydrogens is 258 g/mol. The number of nitrogens with two attached hydrogens (primary N) is 1. The smallest absolute Gasteiger partial charge is 0.228 e. The molecule has 1 aromatic heterocycles. The Hall–Kier alpha value is -0.980. The van der Waals surface area contributed by atoms with Gasteiger partial charge in [0, 0.05) is 26.2 Å². The fourth-order valence-electron chi connectivity index (χ4n) is 2.85. The zero-order valence-corrected chi connectivity index (χ0v) is 12.4. The van der Waals surface area contributed by atoms with Crippen LogP contribution in [-0.4, -0.2) is 36.5 Å². The maximum Gasteiger partial charge on any atom is 0.228 e. The summed E-state index contributed by atoms with van der Waals surface area (Å²) in [5, 5.41) is 4.14. The number of methoxy groups -OCH3 is 1. The molecule has 0 amide bonds. The Bertz CT molecular complexity index is 397. The fourth-order valence-corrected chi connectivity index (χ4v) is 2.85. The summed E-state index contributed by atoms with van der Waals surface area (Å²) in [5.74, 6) is 1.24. The highest BCUT2D eigenvalue weighted by Crippen LogP contribution is 2.39. The van der Waals surface area contributed by atoms with E-state index in [1.807, 2.05) is 6.92 Å². The molecule has 2 N–H and O–H groups in total. The van der Waals surface area contributed by atoms with Crippen molar-refractivity contribution in [1.29, 1.82) is 0 Å². The summed E-state index contributed by atoms with van der Waals surface area (Å²) in [7, 11) is 1.63. The van der Waals surface area contributed by atoms with Crippen LogP contribution in [0, 0.1) is 0 Å². The monoisotopic (exact) mass is 283 g/mol. The van der Waals surface area contributed by atoms with Crippen molar-refractivity contribution >= 4 is 0 Å². The summed E-state index contributed by atoms with van der Waals surface area (Å²) >= 11 is 0. The van der Waals surface area contributed by atoms with Crippen molar-refractivity contribution in [3.63, 3.8) is 0 Å². The molecule has 0 radical (unpaired) electrons. The van der Waals surface area contributed by atoms with E-state index in [4.69, 9.17) is 19.7 Å². The van der Waals surface area contributed by atoms with Crippen molar-refractivity contribution in [2.45, 2.75) is 57.1 Å². The molecule has 6 nitrogen and oxygen atoms in total. The first-order valence-corrected chi connectivity index (χ1v) is 7.41. The van der Waals surface area contributed by atoms with Gasteiger partial charge in [-0.25, -0.2) is 0 Å². The van der Waals surface area contributed by atoms with Crippen LogP contribution in [0.1, 0.15) is 50.7 Å². The van der Waals surface area contributed by atoms with Gasteiger partial charge in [0.1, 0.15) is 5.60 Å². The third-order valence-corrected chi connectivity index (χ3v) is 3.78. The number of hydrogen-bond donors (Lipinski definition) is 1.